The third-order valence-electron chi connectivity index (χ3n) is 9.16. The van der Waals surface area contributed by atoms with Gasteiger partial charge in [-0.25, -0.2) is 0 Å². The molecule has 0 aliphatic carbocycles. The Morgan fingerprint density at radius 2 is 1.21 bits per heavy atom. The van der Waals surface area contributed by atoms with Crippen molar-refractivity contribution >= 4 is 43.7 Å². The molecule has 0 atom stereocenters. The van der Waals surface area contributed by atoms with E-state index in [9.17, 15) is 0 Å². The van der Waals surface area contributed by atoms with Crippen LogP contribution in [0.4, 0.5) is 0 Å². The summed E-state index contributed by atoms with van der Waals surface area (Å²) in [4.78, 5) is 8.59. The molecule has 0 saturated carbocycles. The van der Waals surface area contributed by atoms with Gasteiger partial charge in [0.05, 0.1) is 11.0 Å². The average Bonchev–Trinajstić information content (AvgIpc) is 3.50. The smallest absolute Gasteiger partial charge is 0.0619 e. The summed E-state index contributed by atoms with van der Waals surface area (Å²) >= 11 is 0. The minimum atomic E-state index is 0.649. The predicted molar refractivity (Wildman–Crippen MR) is 195 cm³/mol. The van der Waals surface area contributed by atoms with Crippen molar-refractivity contribution in [2.24, 2.45) is 0 Å². The molecule has 8 aromatic rings. The zero-order chi connectivity index (χ0) is 31.2. The fourth-order valence-electron chi connectivity index (χ4n) is 6.83. The molecule has 4 nitrogen and oxygen atoms in total. The molecule has 1 aliphatic heterocycles. The van der Waals surface area contributed by atoms with Gasteiger partial charge in [-0.15, -0.1) is 6.54 Å². The van der Waals surface area contributed by atoms with Crippen molar-refractivity contribution in [1.29, 1.82) is 0 Å². The van der Waals surface area contributed by atoms with Crippen LogP contribution in [0, 0.1) is 0 Å². The molecule has 1 aliphatic rings. The van der Waals surface area contributed by atoms with E-state index in [1.165, 1.54) is 54.8 Å². The molecule has 0 spiro atoms. The quantitative estimate of drug-likeness (QED) is 0.197. The number of fused-ring (bicyclic) bond motifs is 5. The van der Waals surface area contributed by atoms with Crippen LogP contribution in [-0.2, 0) is 0 Å². The van der Waals surface area contributed by atoms with Crippen molar-refractivity contribution in [2.75, 3.05) is 6.54 Å². The van der Waals surface area contributed by atoms with E-state index < -0.39 is 0 Å². The average molecular weight is 602 g/mol. The topological polar surface area (TPSA) is 44.8 Å². The Morgan fingerprint density at radius 3 is 1.98 bits per heavy atom. The second kappa shape index (κ2) is 11.3. The first-order valence-corrected chi connectivity index (χ1v) is 15.9. The third kappa shape index (κ3) is 4.79. The Kier molecular flexibility index (Phi) is 6.50. The fourth-order valence-corrected chi connectivity index (χ4v) is 6.83. The van der Waals surface area contributed by atoms with Crippen LogP contribution in [0.25, 0.3) is 77.0 Å². The molecule has 4 heteroatoms. The van der Waals surface area contributed by atoms with Crippen LogP contribution >= 0.6 is 0 Å². The highest BCUT2D eigenvalue weighted by atomic mass is 15.0. The van der Waals surface area contributed by atoms with Gasteiger partial charge in [-0.3, -0.25) is 9.97 Å². The van der Waals surface area contributed by atoms with E-state index in [0.29, 0.717) is 6.54 Å². The van der Waals surface area contributed by atoms with Gasteiger partial charge in [-0.2, -0.15) is 6.20 Å². The summed E-state index contributed by atoms with van der Waals surface area (Å²) in [6, 6.07) is 45.8. The van der Waals surface area contributed by atoms with Gasteiger partial charge in [-0.1, -0.05) is 103 Å². The molecule has 0 fully saturated rings. The van der Waals surface area contributed by atoms with E-state index in [-0.39, 0.29) is 0 Å². The molecule has 4 heterocycles. The maximum atomic E-state index is 4.72. The van der Waals surface area contributed by atoms with Gasteiger partial charge in [0.2, 0.25) is 0 Å². The van der Waals surface area contributed by atoms with Crippen molar-refractivity contribution in [1.82, 2.24) is 14.5 Å². The molecule has 9 rings (SSSR count). The SMILES string of the molecule is C1=C(c2cccnc2)C=C(c2ccc3c4ccc5cc(-c6ccc(-c7cccnc7)cc6)ccc5c4n(-c4ccccc4)c3c2)C[N-]1. The van der Waals surface area contributed by atoms with Crippen LogP contribution in [0.3, 0.4) is 0 Å². The zero-order valence-corrected chi connectivity index (χ0v) is 25.6. The molecule has 0 unspecified atom stereocenters. The minimum absolute atomic E-state index is 0.649. The highest BCUT2D eigenvalue weighted by molar-refractivity contribution is 6.19. The first kappa shape index (κ1) is 27.1. The first-order valence-electron chi connectivity index (χ1n) is 15.9. The van der Waals surface area contributed by atoms with Gasteiger partial charge in [0.1, 0.15) is 0 Å². The van der Waals surface area contributed by atoms with E-state index in [1.54, 1.807) is 6.20 Å². The number of hydrogen-bond acceptors (Lipinski definition) is 2. The van der Waals surface area contributed by atoms with E-state index in [2.05, 4.69) is 136 Å². The normalized spacial score (nSPS) is 13.0. The summed E-state index contributed by atoms with van der Waals surface area (Å²) in [5.41, 5.74) is 12.8. The monoisotopic (exact) mass is 601 g/mol. The highest BCUT2D eigenvalue weighted by Crippen LogP contribution is 2.40. The molecule has 0 N–H and O–H groups in total. The van der Waals surface area contributed by atoms with Crippen molar-refractivity contribution < 1.29 is 0 Å². The van der Waals surface area contributed by atoms with Gasteiger partial charge in [-0.05, 0) is 80.7 Å². The first-order chi connectivity index (χ1) is 23.3. The maximum absolute atomic E-state index is 4.72. The lowest BCUT2D eigenvalue weighted by Crippen LogP contribution is -1.98. The van der Waals surface area contributed by atoms with Crippen molar-refractivity contribution in [2.45, 2.75) is 0 Å². The number of nitrogens with zero attached hydrogens (tertiary/aromatic N) is 4. The number of hydrogen-bond donors (Lipinski definition) is 0. The number of para-hydroxylation sites is 1. The van der Waals surface area contributed by atoms with Crippen LogP contribution in [0.15, 0.2) is 164 Å². The van der Waals surface area contributed by atoms with Crippen LogP contribution in [-0.4, -0.2) is 21.1 Å². The molecular formula is C43H29N4-. The summed E-state index contributed by atoms with van der Waals surface area (Å²) in [7, 11) is 0. The maximum Gasteiger partial charge on any atom is 0.0619 e. The summed E-state index contributed by atoms with van der Waals surface area (Å²) in [6.45, 7) is 0.649. The highest BCUT2D eigenvalue weighted by Gasteiger charge is 2.17. The third-order valence-corrected chi connectivity index (χ3v) is 9.16. The lowest BCUT2D eigenvalue weighted by Gasteiger charge is -2.26. The number of aromatic nitrogens is 3. The predicted octanol–water partition coefficient (Wildman–Crippen LogP) is 10.9. The Hall–Kier alpha value is -6.26. The van der Waals surface area contributed by atoms with Crippen molar-refractivity contribution in [3.8, 4) is 27.9 Å². The van der Waals surface area contributed by atoms with Crippen LogP contribution in [0.1, 0.15) is 11.1 Å². The van der Waals surface area contributed by atoms with E-state index in [0.717, 1.165) is 28.0 Å². The van der Waals surface area contributed by atoms with Crippen molar-refractivity contribution in [3.63, 3.8) is 0 Å². The molecule has 5 aromatic carbocycles. The summed E-state index contributed by atoms with van der Waals surface area (Å²) in [5.74, 6) is 0. The lowest BCUT2D eigenvalue weighted by atomic mass is 9.96. The molecule has 0 amide bonds. The lowest BCUT2D eigenvalue weighted by molar-refractivity contribution is 1.18. The molecular weight excluding hydrogens is 573 g/mol. The molecule has 3 aromatic heterocycles. The van der Waals surface area contributed by atoms with Crippen molar-refractivity contribution in [3.05, 3.63) is 181 Å². The molecule has 47 heavy (non-hydrogen) atoms. The second-order valence-electron chi connectivity index (χ2n) is 12.0. The van der Waals surface area contributed by atoms with E-state index in [4.69, 9.17) is 5.32 Å². The number of pyridine rings is 2. The minimum Gasteiger partial charge on any atom is -0.686 e. The largest absolute Gasteiger partial charge is 0.686 e. The molecule has 0 bridgehead atoms. The second-order valence-corrected chi connectivity index (χ2v) is 12.0. The summed E-state index contributed by atoms with van der Waals surface area (Å²) in [5, 5.41) is 9.65. The zero-order valence-electron chi connectivity index (χ0n) is 25.6. The van der Waals surface area contributed by atoms with Gasteiger partial charge in [0, 0.05) is 46.6 Å². The van der Waals surface area contributed by atoms with E-state index in [1.807, 2.05) is 36.9 Å². The van der Waals surface area contributed by atoms with E-state index >= 15 is 0 Å². The van der Waals surface area contributed by atoms with Crippen LogP contribution < -0.4 is 0 Å². The Morgan fingerprint density at radius 1 is 0.532 bits per heavy atom. The van der Waals surface area contributed by atoms with Crippen LogP contribution in [0.2, 0.25) is 0 Å². The number of rotatable bonds is 5. The summed E-state index contributed by atoms with van der Waals surface area (Å²) < 4.78 is 2.43. The fraction of sp³-hybridized carbons (Fsp3) is 0.0233. The Labute approximate surface area is 273 Å². The molecule has 0 radical (unpaired) electrons. The molecule has 222 valence electrons. The van der Waals surface area contributed by atoms with Gasteiger partial charge in [0.15, 0.2) is 0 Å². The number of allylic oxidation sites excluding steroid dienone is 2. The Balaban J connectivity index is 1.19. The van der Waals surface area contributed by atoms with Crippen LogP contribution in [0.5, 0.6) is 0 Å². The standard InChI is InChI=1S/C43H29N4/c1-2-8-38(9-3-1)47-42-24-32(36-23-37(28-46-27-36)35-7-5-21-45-26-35)15-18-40(42)41-19-16-33-22-31(14-17-39(33)43(41)47)29-10-12-30(13-11-29)34-6-4-20-44-25-34/h1-26,28H,27H2/q-1. The summed E-state index contributed by atoms with van der Waals surface area (Å²) in [6.07, 6.45) is 11.6. The molecule has 0 saturated heterocycles. The van der Waals surface area contributed by atoms with Gasteiger partial charge < -0.3 is 9.88 Å². The van der Waals surface area contributed by atoms with Gasteiger partial charge >= 0.3 is 0 Å². The number of benzene rings is 5. The Bertz CT molecular complexity index is 2470. The van der Waals surface area contributed by atoms with Gasteiger partial charge in [0.25, 0.3) is 0 Å².